The van der Waals surface area contributed by atoms with E-state index in [1.54, 1.807) is 12.1 Å². The molecule has 0 radical (unpaired) electrons. The van der Waals surface area contributed by atoms with Crippen molar-refractivity contribution in [2.45, 2.75) is 0 Å². The van der Waals surface area contributed by atoms with Gasteiger partial charge in [-0.1, -0.05) is 17.3 Å². The Morgan fingerprint density at radius 3 is 1.60 bits per heavy atom. The molecule has 2 heterocycles. The minimum atomic E-state index is -0.874. The van der Waals surface area contributed by atoms with Crippen molar-refractivity contribution in [3.63, 3.8) is 0 Å². The summed E-state index contributed by atoms with van der Waals surface area (Å²) >= 11 is 0. The highest BCUT2D eigenvalue weighted by Crippen LogP contribution is 2.29. The molecule has 3 N–H and O–H groups in total. The van der Waals surface area contributed by atoms with E-state index in [1.165, 1.54) is 12.1 Å². The Bertz CT molecular complexity index is 1890. The minimum absolute atomic E-state index is 0.0117. The van der Waals surface area contributed by atoms with Crippen LogP contribution in [0.4, 0.5) is 58.2 Å². The lowest BCUT2D eigenvalue weighted by molar-refractivity contribution is 0.435. The van der Waals surface area contributed by atoms with Gasteiger partial charge in [0.25, 0.3) is 0 Å². The summed E-state index contributed by atoms with van der Waals surface area (Å²) in [5.74, 6) is -2.89. The summed E-state index contributed by atoms with van der Waals surface area (Å²) in [5, 5.41) is 12.6. The van der Waals surface area contributed by atoms with Crippen LogP contribution in [0.15, 0.2) is 95.5 Å². The molecule has 6 aromatic rings. The van der Waals surface area contributed by atoms with Gasteiger partial charge in [-0.2, -0.15) is 15.0 Å². The first-order valence-electron chi connectivity index (χ1n) is 13.5. The highest BCUT2D eigenvalue weighted by atomic mass is 19.1. The zero-order chi connectivity index (χ0) is 31.5. The van der Waals surface area contributed by atoms with E-state index in [1.807, 2.05) is 61.5 Å². The lowest BCUT2D eigenvalue weighted by Crippen LogP contribution is -2.08. The number of anilines is 7. The Morgan fingerprint density at radius 2 is 1.09 bits per heavy atom. The fourth-order valence-corrected chi connectivity index (χ4v) is 4.29. The van der Waals surface area contributed by atoms with Crippen LogP contribution in [-0.4, -0.2) is 34.2 Å². The molecule has 0 aliphatic heterocycles. The summed E-state index contributed by atoms with van der Waals surface area (Å²) in [6.45, 7) is 0. The Kier molecular flexibility index (Phi) is 7.97. The minimum Gasteiger partial charge on any atom is -0.378 e. The van der Waals surface area contributed by atoms with Crippen LogP contribution in [0, 0.1) is 23.3 Å². The first-order chi connectivity index (χ1) is 21.7. The van der Waals surface area contributed by atoms with E-state index in [0.29, 0.717) is 29.3 Å². The first kappa shape index (κ1) is 29.1. The maximum atomic E-state index is 14.3. The fourth-order valence-electron chi connectivity index (χ4n) is 4.29. The molecule has 13 heteroatoms. The molecular formula is C32H24F4N8O. The van der Waals surface area contributed by atoms with Gasteiger partial charge in [-0.15, -0.1) is 0 Å². The predicted octanol–water partition coefficient (Wildman–Crippen LogP) is 8.05. The molecular weight excluding hydrogens is 588 g/mol. The summed E-state index contributed by atoms with van der Waals surface area (Å²) in [6.07, 6.45) is 0. The number of hydrogen-bond donors (Lipinski definition) is 3. The molecule has 226 valence electrons. The van der Waals surface area contributed by atoms with Gasteiger partial charge in [-0.3, -0.25) is 0 Å². The first-order valence-corrected chi connectivity index (χ1v) is 13.5. The van der Waals surface area contributed by atoms with Crippen molar-refractivity contribution in [2.75, 3.05) is 34.9 Å². The van der Waals surface area contributed by atoms with Crippen LogP contribution in [-0.2, 0) is 0 Å². The van der Waals surface area contributed by atoms with Crippen LogP contribution in [0.3, 0.4) is 0 Å². The highest BCUT2D eigenvalue weighted by molar-refractivity contribution is 5.70. The lowest BCUT2D eigenvalue weighted by Gasteiger charge is -2.12. The second-order valence-electron chi connectivity index (χ2n) is 10.0. The zero-order valence-corrected chi connectivity index (χ0v) is 23.8. The third kappa shape index (κ3) is 6.82. The third-order valence-corrected chi connectivity index (χ3v) is 6.61. The standard InChI is InChI=1S/C32H24F4N8O/c1-44(2)23-11-5-19(6-12-23)29-17-28(43-45-29)18-3-9-22(10-4-18)37-30-40-31(38-26-13-7-20(33)15-24(26)35)42-32(41-30)39-27-14-8-21(34)16-25(27)36/h3-17H,1-2H3,(H3,37,38,39,40,41,42). The molecule has 6 rings (SSSR count). The van der Waals surface area contributed by atoms with Crippen LogP contribution in [0.1, 0.15) is 0 Å². The molecule has 45 heavy (non-hydrogen) atoms. The van der Waals surface area contributed by atoms with Crippen molar-refractivity contribution in [1.29, 1.82) is 0 Å². The summed E-state index contributed by atoms with van der Waals surface area (Å²) < 4.78 is 61.1. The molecule has 0 spiro atoms. The number of halogens is 4. The molecule has 0 saturated heterocycles. The van der Waals surface area contributed by atoms with Crippen molar-refractivity contribution in [1.82, 2.24) is 20.1 Å². The highest BCUT2D eigenvalue weighted by Gasteiger charge is 2.14. The average molecular weight is 613 g/mol. The normalized spacial score (nSPS) is 10.9. The largest absolute Gasteiger partial charge is 0.378 e. The van der Waals surface area contributed by atoms with Gasteiger partial charge in [-0.25, -0.2) is 17.6 Å². The number of aromatic nitrogens is 4. The molecule has 0 aliphatic carbocycles. The maximum absolute atomic E-state index is 14.3. The second-order valence-corrected chi connectivity index (χ2v) is 10.0. The van der Waals surface area contributed by atoms with Gasteiger partial charge >= 0.3 is 0 Å². The molecule has 0 atom stereocenters. The molecule has 0 bridgehead atoms. The van der Waals surface area contributed by atoms with E-state index in [0.717, 1.165) is 28.9 Å². The van der Waals surface area contributed by atoms with Crippen molar-refractivity contribution in [3.05, 3.63) is 114 Å². The topological polar surface area (TPSA) is 104 Å². The van der Waals surface area contributed by atoms with E-state index < -0.39 is 23.3 Å². The molecule has 0 unspecified atom stereocenters. The second kappa shape index (κ2) is 12.3. The molecule has 0 amide bonds. The monoisotopic (exact) mass is 612 g/mol. The van der Waals surface area contributed by atoms with Crippen molar-refractivity contribution in [2.24, 2.45) is 0 Å². The van der Waals surface area contributed by atoms with Crippen molar-refractivity contribution < 1.29 is 22.1 Å². The van der Waals surface area contributed by atoms with Crippen LogP contribution in [0.5, 0.6) is 0 Å². The molecule has 0 fully saturated rings. The van der Waals surface area contributed by atoms with Crippen LogP contribution in [0.25, 0.3) is 22.6 Å². The summed E-state index contributed by atoms with van der Waals surface area (Å²) in [7, 11) is 3.94. The van der Waals surface area contributed by atoms with Gasteiger partial charge in [0.1, 0.15) is 29.0 Å². The number of benzene rings is 4. The summed E-state index contributed by atoms with van der Waals surface area (Å²) in [6, 6.07) is 22.8. The Balaban J connectivity index is 1.24. The van der Waals surface area contributed by atoms with E-state index in [2.05, 4.69) is 36.1 Å². The predicted molar refractivity (Wildman–Crippen MR) is 164 cm³/mol. The Hall–Kier alpha value is -5.98. The number of nitrogens with zero attached hydrogens (tertiary/aromatic N) is 5. The molecule has 4 aromatic carbocycles. The Morgan fingerprint density at radius 1 is 0.578 bits per heavy atom. The van der Waals surface area contributed by atoms with E-state index in [4.69, 9.17) is 4.52 Å². The zero-order valence-electron chi connectivity index (χ0n) is 23.8. The van der Waals surface area contributed by atoms with Crippen molar-refractivity contribution in [3.8, 4) is 22.6 Å². The molecule has 2 aromatic heterocycles. The summed E-state index contributed by atoms with van der Waals surface area (Å²) in [5.41, 5.74) is 3.76. The smallest absolute Gasteiger partial charge is 0.233 e. The fraction of sp³-hybridized carbons (Fsp3) is 0.0625. The third-order valence-electron chi connectivity index (χ3n) is 6.61. The maximum Gasteiger partial charge on any atom is 0.233 e. The van der Waals surface area contributed by atoms with Crippen LogP contribution in [0.2, 0.25) is 0 Å². The van der Waals surface area contributed by atoms with Crippen LogP contribution >= 0.6 is 0 Å². The van der Waals surface area contributed by atoms with Gasteiger partial charge < -0.3 is 25.4 Å². The number of nitrogens with one attached hydrogen (secondary N) is 3. The molecule has 0 aliphatic rings. The SMILES string of the molecule is CN(C)c1ccc(-c2cc(-c3ccc(Nc4nc(Nc5ccc(F)cc5F)nc(Nc5ccc(F)cc5F)n4)cc3)no2)cc1. The molecule has 9 nitrogen and oxygen atoms in total. The van der Waals surface area contributed by atoms with Gasteiger partial charge in [0.15, 0.2) is 5.76 Å². The summed E-state index contributed by atoms with van der Waals surface area (Å²) in [4.78, 5) is 14.7. The lowest BCUT2D eigenvalue weighted by atomic mass is 10.1. The van der Waals surface area contributed by atoms with Gasteiger partial charge in [0.2, 0.25) is 17.8 Å². The number of rotatable bonds is 9. The average Bonchev–Trinajstić information content (AvgIpc) is 3.51. The van der Waals surface area contributed by atoms with E-state index in [9.17, 15) is 17.6 Å². The van der Waals surface area contributed by atoms with Crippen LogP contribution < -0.4 is 20.9 Å². The molecule has 0 saturated carbocycles. The van der Waals surface area contributed by atoms with Gasteiger partial charge in [0, 0.05) is 54.8 Å². The van der Waals surface area contributed by atoms with Gasteiger partial charge in [-0.05, 0) is 60.7 Å². The number of hydrogen-bond acceptors (Lipinski definition) is 9. The van der Waals surface area contributed by atoms with E-state index >= 15 is 0 Å². The Labute approximate surface area is 254 Å². The quantitative estimate of drug-likeness (QED) is 0.140. The van der Waals surface area contributed by atoms with Crippen molar-refractivity contribution >= 4 is 40.6 Å². The van der Waals surface area contributed by atoms with E-state index in [-0.39, 0.29) is 29.2 Å². The van der Waals surface area contributed by atoms with Gasteiger partial charge in [0.05, 0.1) is 11.4 Å².